The van der Waals surface area contributed by atoms with E-state index in [1.165, 1.54) is 12.3 Å². The van der Waals surface area contributed by atoms with E-state index in [9.17, 15) is 40.7 Å². The monoisotopic (exact) mass is 714 g/mol. The molecule has 47 heavy (non-hydrogen) atoms. The average Bonchev–Trinajstić information content (AvgIpc) is 2.95. The lowest BCUT2D eigenvalue weighted by atomic mass is 10.0. The number of hydrogen-bond acceptors (Lipinski definition) is 7. The van der Waals surface area contributed by atoms with Crippen molar-refractivity contribution >= 4 is 57.5 Å². The molecule has 0 fully saturated rings. The fourth-order valence-corrected chi connectivity index (χ4v) is 3.78. The maximum atomic E-state index is 13.1. The van der Waals surface area contributed by atoms with Gasteiger partial charge in [-0.15, -0.1) is 0 Å². The van der Waals surface area contributed by atoms with Crippen LogP contribution in [0.15, 0.2) is 59.6 Å². The SMILES string of the molecule is C.C=C(OCC)c1c[nH]c2c(Cl)ccc(C(F)(F)F)c2c1=O.CC=C(C(=O)OCC)C(=O)OCC.Nc1cc(C(F)(F)F)ccc1Cl. The number of carbonyl (C=O) groups is 2. The maximum Gasteiger partial charge on any atom is 0.417 e. The Kier molecular flexibility index (Phi) is 17.2. The van der Waals surface area contributed by atoms with Crippen molar-refractivity contribution in [1.82, 2.24) is 4.98 Å². The van der Waals surface area contributed by atoms with Gasteiger partial charge in [-0.25, -0.2) is 9.59 Å². The Balaban J connectivity index is 0.000000709. The zero-order chi connectivity index (χ0) is 35.4. The Hall–Kier alpha value is -4.17. The number of alkyl halides is 6. The van der Waals surface area contributed by atoms with Gasteiger partial charge in [0.15, 0.2) is 0 Å². The molecule has 1 aromatic heterocycles. The number of fused-ring (bicyclic) bond motifs is 1. The van der Waals surface area contributed by atoms with Gasteiger partial charge in [-0.3, -0.25) is 4.79 Å². The number of esters is 2. The molecule has 0 radical (unpaired) electrons. The van der Waals surface area contributed by atoms with E-state index in [1.807, 2.05) is 0 Å². The highest BCUT2D eigenvalue weighted by atomic mass is 35.5. The maximum absolute atomic E-state index is 13.1. The molecule has 3 aromatic rings. The molecule has 260 valence electrons. The number of allylic oxidation sites excluding steroid dienone is 1. The molecule has 0 atom stereocenters. The molecule has 0 amide bonds. The average molecular weight is 716 g/mol. The van der Waals surface area contributed by atoms with Gasteiger partial charge in [0.05, 0.1) is 63.1 Å². The smallest absolute Gasteiger partial charge is 0.417 e. The Bertz CT molecular complexity index is 1620. The number of aromatic nitrogens is 1. The molecule has 0 unspecified atom stereocenters. The minimum Gasteiger partial charge on any atom is -0.494 e. The second-order valence-electron chi connectivity index (χ2n) is 8.61. The van der Waals surface area contributed by atoms with E-state index in [0.29, 0.717) is 0 Å². The van der Waals surface area contributed by atoms with Gasteiger partial charge in [0.1, 0.15) is 11.3 Å². The summed E-state index contributed by atoms with van der Waals surface area (Å²) in [6.07, 6.45) is -6.40. The molecule has 1 heterocycles. The fourth-order valence-electron chi connectivity index (χ4n) is 3.45. The van der Waals surface area contributed by atoms with Gasteiger partial charge in [0.25, 0.3) is 0 Å². The number of anilines is 1. The molecule has 0 saturated heterocycles. The van der Waals surface area contributed by atoms with Gasteiger partial charge in [-0.2, -0.15) is 26.3 Å². The first-order valence-electron chi connectivity index (χ1n) is 13.2. The van der Waals surface area contributed by atoms with Crippen LogP contribution in [0, 0.1) is 0 Å². The first-order chi connectivity index (χ1) is 21.3. The highest BCUT2D eigenvalue weighted by molar-refractivity contribution is 6.35. The number of halogens is 8. The van der Waals surface area contributed by atoms with Crippen molar-refractivity contribution in [1.29, 1.82) is 0 Å². The lowest BCUT2D eigenvalue weighted by Gasteiger charge is -2.13. The van der Waals surface area contributed by atoms with Crippen molar-refractivity contribution in [3.05, 3.63) is 91.7 Å². The molecule has 0 spiro atoms. The Morgan fingerprint density at radius 3 is 1.83 bits per heavy atom. The third-order valence-electron chi connectivity index (χ3n) is 5.51. The number of carbonyl (C=O) groups excluding carboxylic acids is 2. The predicted molar refractivity (Wildman–Crippen MR) is 170 cm³/mol. The normalized spacial score (nSPS) is 10.6. The Morgan fingerprint density at radius 2 is 1.40 bits per heavy atom. The number of nitrogens with one attached hydrogen (secondary N) is 1. The first kappa shape index (κ1) is 42.8. The topological polar surface area (TPSA) is 121 Å². The zero-order valence-electron chi connectivity index (χ0n) is 24.9. The van der Waals surface area contributed by atoms with E-state index in [1.54, 1.807) is 27.7 Å². The Labute approximate surface area is 277 Å². The second kappa shape index (κ2) is 18.8. The van der Waals surface area contributed by atoms with Crippen molar-refractivity contribution in [3.8, 4) is 0 Å². The van der Waals surface area contributed by atoms with E-state index in [-0.39, 0.29) is 65.4 Å². The van der Waals surface area contributed by atoms with Gasteiger partial charge in [0, 0.05) is 6.20 Å². The highest BCUT2D eigenvalue weighted by Crippen LogP contribution is 2.36. The standard InChI is InChI=1S/C14H11ClF3NO2.C9H14O4.C7H5ClF3N.CH4/c1-3-21-7(2)8-6-19-12-10(15)5-4-9(14(16,17)18)11(12)13(8)20;1-4-7(8(10)12-5-2)9(11)13-6-3;8-5-2-1-4(3-6(5)12)7(9,10)11;/h4-6H,2-3H2,1H3,(H,19,20);4H,5-6H2,1-3H3;1-3H,12H2;1H4. The van der Waals surface area contributed by atoms with Crippen molar-refractivity contribution in [2.75, 3.05) is 25.6 Å². The van der Waals surface area contributed by atoms with E-state index < -0.39 is 46.2 Å². The molecule has 8 nitrogen and oxygen atoms in total. The highest BCUT2D eigenvalue weighted by Gasteiger charge is 2.34. The summed E-state index contributed by atoms with van der Waals surface area (Å²) in [5.41, 5.74) is 2.29. The molecule has 0 aliphatic heterocycles. The van der Waals surface area contributed by atoms with Crippen LogP contribution in [0.4, 0.5) is 32.0 Å². The summed E-state index contributed by atoms with van der Waals surface area (Å²) in [6, 6.07) is 4.70. The lowest BCUT2D eigenvalue weighted by molar-refractivity contribution is -0.146. The van der Waals surface area contributed by atoms with Crippen molar-refractivity contribution in [3.63, 3.8) is 0 Å². The third kappa shape index (κ3) is 12.2. The molecular weight excluding hydrogens is 681 g/mol. The molecule has 0 aliphatic rings. The quantitative estimate of drug-likeness (QED) is 0.0477. The molecule has 3 N–H and O–H groups in total. The van der Waals surface area contributed by atoms with Crippen LogP contribution in [-0.4, -0.2) is 36.7 Å². The van der Waals surface area contributed by atoms with Crippen LogP contribution >= 0.6 is 23.2 Å². The first-order valence-corrected chi connectivity index (χ1v) is 14.0. The summed E-state index contributed by atoms with van der Waals surface area (Å²) in [4.78, 5) is 37.2. The number of nitrogens with two attached hydrogens (primary N) is 1. The zero-order valence-corrected chi connectivity index (χ0v) is 26.4. The number of nitrogen functional groups attached to an aromatic ring is 1. The molecule has 0 saturated carbocycles. The van der Waals surface area contributed by atoms with Crippen LogP contribution in [0.25, 0.3) is 16.7 Å². The second-order valence-corrected chi connectivity index (χ2v) is 9.42. The summed E-state index contributed by atoms with van der Waals surface area (Å²) in [5.74, 6) is -1.26. The van der Waals surface area contributed by atoms with Crippen molar-refractivity contribution < 1.29 is 50.1 Å². The molecule has 0 aliphatic carbocycles. The number of hydrogen-bond donors (Lipinski definition) is 2. The van der Waals surface area contributed by atoms with Gasteiger partial charge < -0.3 is 24.9 Å². The van der Waals surface area contributed by atoms with E-state index >= 15 is 0 Å². The number of H-pyrrole nitrogens is 1. The van der Waals surface area contributed by atoms with Gasteiger partial charge in [-0.1, -0.05) is 43.3 Å². The number of ether oxygens (including phenoxy) is 3. The molecule has 0 bridgehead atoms. The molecule has 2 aromatic carbocycles. The molecule has 16 heteroatoms. The summed E-state index contributed by atoms with van der Waals surface area (Å²) in [7, 11) is 0. The third-order valence-corrected chi connectivity index (χ3v) is 6.17. The Morgan fingerprint density at radius 1 is 0.894 bits per heavy atom. The van der Waals surface area contributed by atoms with Crippen molar-refractivity contribution in [2.24, 2.45) is 0 Å². The summed E-state index contributed by atoms with van der Waals surface area (Å²) < 4.78 is 89.6. The number of benzene rings is 2. The summed E-state index contributed by atoms with van der Waals surface area (Å²) in [6.45, 7) is 10.9. The van der Waals surface area contributed by atoms with Crippen LogP contribution in [0.3, 0.4) is 0 Å². The van der Waals surface area contributed by atoms with Crippen molar-refractivity contribution in [2.45, 2.75) is 47.5 Å². The van der Waals surface area contributed by atoms with Gasteiger partial charge in [0.2, 0.25) is 5.43 Å². The number of rotatable bonds is 7. The molecule has 3 rings (SSSR count). The van der Waals surface area contributed by atoms with Crippen LogP contribution in [0.1, 0.15) is 51.8 Å². The lowest BCUT2D eigenvalue weighted by Crippen LogP contribution is -2.18. The molecular formula is C31H34Cl2F6N2O6. The predicted octanol–water partition coefficient (Wildman–Crippen LogP) is 8.84. The largest absolute Gasteiger partial charge is 0.494 e. The van der Waals surface area contributed by atoms with E-state index in [4.69, 9.17) is 33.7 Å². The van der Waals surface area contributed by atoms with Gasteiger partial charge >= 0.3 is 24.3 Å². The number of pyridine rings is 1. The summed E-state index contributed by atoms with van der Waals surface area (Å²) >= 11 is 11.3. The minimum absolute atomic E-state index is 0. The fraction of sp³-hybridized carbons (Fsp3) is 0.323. The van der Waals surface area contributed by atoms with Crippen LogP contribution in [0.2, 0.25) is 10.0 Å². The van der Waals surface area contributed by atoms with Crippen LogP contribution < -0.4 is 11.2 Å². The minimum atomic E-state index is -4.67. The van der Waals surface area contributed by atoms with E-state index in [2.05, 4.69) is 21.0 Å². The summed E-state index contributed by atoms with van der Waals surface area (Å²) in [5, 5.41) is -0.361. The van der Waals surface area contributed by atoms with Crippen LogP contribution in [-0.2, 0) is 36.2 Å². The van der Waals surface area contributed by atoms with Crippen LogP contribution in [0.5, 0.6) is 0 Å². The van der Waals surface area contributed by atoms with E-state index in [0.717, 1.165) is 30.3 Å². The number of aromatic amines is 1. The van der Waals surface area contributed by atoms with Gasteiger partial charge in [-0.05, 0) is 58.0 Å².